The lowest BCUT2D eigenvalue weighted by Crippen LogP contribution is -2.04. The van der Waals surface area contributed by atoms with E-state index >= 15 is 0 Å². The lowest BCUT2D eigenvalue weighted by atomic mass is 10.1. The summed E-state index contributed by atoms with van der Waals surface area (Å²) in [5.41, 5.74) is 2.46. The number of rotatable bonds is 3. The number of aliphatic hydroxyl groups is 1. The maximum absolute atomic E-state index is 12.6. The molecule has 22 heavy (non-hydrogen) atoms. The molecule has 6 heteroatoms. The van der Waals surface area contributed by atoms with E-state index in [1.165, 1.54) is 11.3 Å². The minimum Gasteiger partial charge on any atom is -0.395 e. The van der Waals surface area contributed by atoms with E-state index in [4.69, 9.17) is 5.11 Å². The summed E-state index contributed by atoms with van der Waals surface area (Å²) in [6.07, 6.45) is 0. The molecule has 0 aliphatic carbocycles. The fraction of sp³-hybridized carbons (Fsp3) is 0.125. The zero-order valence-corrected chi connectivity index (χ0v) is 12.4. The number of para-hydroxylation sites is 1. The Morgan fingerprint density at radius 3 is 2.91 bits per heavy atom. The third-order valence-corrected chi connectivity index (χ3v) is 4.58. The molecule has 2 aromatic carbocycles. The molecule has 0 fully saturated rings. The van der Waals surface area contributed by atoms with E-state index in [-0.39, 0.29) is 12.0 Å². The van der Waals surface area contributed by atoms with Crippen molar-refractivity contribution in [1.82, 2.24) is 9.97 Å². The van der Waals surface area contributed by atoms with E-state index in [2.05, 4.69) is 15.3 Å². The molecule has 0 aliphatic heterocycles. The van der Waals surface area contributed by atoms with Crippen molar-refractivity contribution < 1.29 is 5.11 Å². The van der Waals surface area contributed by atoms with Crippen molar-refractivity contribution in [3.8, 4) is 0 Å². The first-order valence-corrected chi connectivity index (χ1v) is 7.78. The summed E-state index contributed by atoms with van der Waals surface area (Å²) in [5.74, 6) is 0. The molecule has 2 aromatic heterocycles. The first kappa shape index (κ1) is 13.2. The average molecular weight is 311 g/mol. The minimum atomic E-state index is 0.0177. The van der Waals surface area contributed by atoms with Crippen molar-refractivity contribution in [3.63, 3.8) is 0 Å². The van der Waals surface area contributed by atoms with Gasteiger partial charge in [-0.2, -0.15) is 0 Å². The Morgan fingerprint density at radius 1 is 1.18 bits per heavy atom. The van der Waals surface area contributed by atoms with Crippen LogP contribution in [0.2, 0.25) is 0 Å². The number of hydrogen-bond donors (Lipinski definition) is 3. The summed E-state index contributed by atoms with van der Waals surface area (Å²) in [6.45, 7) is 0.518. The first-order chi connectivity index (χ1) is 10.8. The highest BCUT2D eigenvalue weighted by molar-refractivity contribution is 7.22. The number of aromatic amines is 1. The van der Waals surface area contributed by atoms with Crippen molar-refractivity contribution >= 4 is 48.5 Å². The van der Waals surface area contributed by atoms with Gasteiger partial charge in [-0.25, -0.2) is 4.98 Å². The molecule has 0 aliphatic rings. The standard InChI is InChI=1S/C16H13N3O2S/c20-6-5-17-16-19-13-7-10-12(8-14(13)22-16)18-11-4-2-1-3-9(11)15(10)21/h1-4,7-8,20H,5-6H2,(H,17,19)(H,18,21). The van der Waals surface area contributed by atoms with E-state index in [1.807, 2.05) is 36.4 Å². The van der Waals surface area contributed by atoms with E-state index in [0.29, 0.717) is 17.3 Å². The Bertz CT molecular complexity index is 1050. The van der Waals surface area contributed by atoms with E-state index in [0.717, 1.165) is 26.4 Å². The molecule has 0 amide bonds. The monoisotopic (exact) mass is 311 g/mol. The van der Waals surface area contributed by atoms with E-state index in [9.17, 15) is 4.79 Å². The van der Waals surface area contributed by atoms with Crippen LogP contribution in [-0.4, -0.2) is 28.2 Å². The molecule has 5 nitrogen and oxygen atoms in total. The molecule has 0 spiro atoms. The van der Waals surface area contributed by atoms with Gasteiger partial charge in [0.2, 0.25) is 0 Å². The van der Waals surface area contributed by atoms with Gasteiger partial charge >= 0.3 is 0 Å². The second-order valence-corrected chi connectivity index (χ2v) is 6.07. The molecule has 2 heterocycles. The highest BCUT2D eigenvalue weighted by Gasteiger charge is 2.09. The summed E-state index contributed by atoms with van der Waals surface area (Å²) in [4.78, 5) is 20.4. The molecule has 0 atom stereocenters. The molecule has 0 bridgehead atoms. The van der Waals surface area contributed by atoms with Gasteiger partial charge < -0.3 is 15.4 Å². The Labute approximate surface area is 129 Å². The Morgan fingerprint density at radius 2 is 2.05 bits per heavy atom. The second kappa shape index (κ2) is 5.08. The van der Waals surface area contributed by atoms with Gasteiger partial charge in [0.25, 0.3) is 0 Å². The average Bonchev–Trinajstić information content (AvgIpc) is 2.93. The zero-order chi connectivity index (χ0) is 15.1. The summed E-state index contributed by atoms with van der Waals surface area (Å²) >= 11 is 1.51. The van der Waals surface area contributed by atoms with Gasteiger partial charge in [0.15, 0.2) is 10.6 Å². The Balaban J connectivity index is 2.00. The van der Waals surface area contributed by atoms with Crippen molar-refractivity contribution in [2.75, 3.05) is 18.5 Å². The van der Waals surface area contributed by atoms with Crippen LogP contribution in [0.5, 0.6) is 0 Å². The van der Waals surface area contributed by atoms with Crippen LogP contribution in [0.1, 0.15) is 0 Å². The number of aliphatic hydroxyl groups excluding tert-OH is 1. The fourth-order valence-corrected chi connectivity index (χ4v) is 3.50. The van der Waals surface area contributed by atoms with E-state index in [1.54, 1.807) is 0 Å². The fourth-order valence-electron chi connectivity index (χ4n) is 2.58. The number of nitrogens with one attached hydrogen (secondary N) is 2. The molecule has 4 aromatic rings. The van der Waals surface area contributed by atoms with Crippen LogP contribution in [0.3, 0.4) is 0 Å². The van der Waals surface area contributed by atoms with Crippen LogP contribution >= 0.6 is 11.3 Å². The van der Waals surface area contributed by atoms with Crippen LogP contribution in [0.4, 0.5) is 5.13 Å². The predicted octanol–water partition coefficient (Wildman–Crippen LogP) is 2.70. The van der Waals surface area contributed by atoms with Crippen LogP contribution in [-0.2, 0) is 0 Å². The highest BCUT2D eigenvalue weighted by Crippen LogP contribution is 2.29. The number of fused-ring (bicyclic) bond motifs is 3. The zero-order valence-electron chi connectivity index (χ0n) is 11.6. The van der Waals surface area contributed by atoms with Crippen molar-refractivity contribution in [3.05, 3.63) is 46.6 Å². The molecule has 0 radical (unpaired) electrons. The van der Waals surface area contributed by atoms with Crippen molar-refractivity contribution in [2.24, 2.45) is 0 Å². The summed E-state index contributed by atoms with van der Waals surface area (Å²) in [5, 5.41) is 14.0. The largest absolute Gasteiger partial charge is 0.395 e. The van der Waals surface area contributed by atoms with Crippen molar-refractivity contribution in [2.45, 2.75) is 0 Å². The lowest BCUT2D eigenvalue weighted by molar-refractivity contribution is 0.311. The normalized spacial score (nSPS) is 11.5. The van der Waals surface area contributed by atoms with Crippen LogP contribution in [0.15, 0.2) is 41.2 Å². The molecule has 0 saturated heterocycles. The van der Waals surface area contributed by atoms with Gasteiger partial charge in [-0.1, -0.05) is 23.5 Å². The second-order valence-electron chi connectivity index (χ2n) is 5.03. The third kappa shape index (κ3) is 2.04. The Hall–Kier alpha value is -2.44. The molecule has 110 valence electrons. The maximum Gasteiger partial charge on any atom is 0.197 e. The van der Waals surface area contributed by atoms with Crippen molar-refractivity contribution in [1.29, 1.82) is 0 Å². The number of thiazole rings is 1. The van der Waals surface area contributed by atoms with Gasteiger partial charge in [-0.3, -0.25) is 4.79 Å². The van der Waals surface area contributed by atoms with Gasteiger partial charge in [0.1, 0.15) is 0 Å². The maximum atomic E-state index is 12.6. The predicted molar refractivity (Wildman–Crippen MR) is 90.8 cm³/mol. The third-order valence-electron chi connectivity index (χ3n) is 3.60. The highest BCUT2D eigenvalue weighted by atomic mass is 32.1. The SMILES string of the molecule is O=c1c2ccccc2[nH]c2cc3sc(NCCO)nc3cc12. The quantitative estimate of drug-likeness (QED) is 0.508. The van der Waals surface area contributed by atoms with Gasteiger partial charge in [-0.05, 0) is 24.3 Å². The van der Waals surface area contributed by atoms with Gasteiger partial charge in [0, 0.05) is 22.8 Å². The lowest BCUT2D eigenvalue weighted by Gasteiger charge is -2.02. The number of nitrogens with zero attached hydrogens (tertiary/aromatic N) is 1. The molecular formula is C16H13N3O2S. The summed E-state index contributed by atoms with van der Waals surface area (Å²) < 4.78 is 0.999. The number of anilines is 1. The summed E-state index contributed by atoms with van der Waals surface area (Å²) in [6, 6.07) is 11.3. The van der Waals surface area contributed by atoms with Crippen LogP contribution in [0.25, 0.3) is 32.0 Å². The number of hydrogen-bond acceptors (Lipinski definition) is 5. The molecule has 0 unspecified atom stereocenters. The number of aromatic nitrogens is 2. The summed E-state index contributed by atoms with van der Waals surface area (Å²) in [7, 11) is 0. The smallest absolute Gasteiger partial charge is 0.197 e. The molecule has 4 rings (SSSR count). The molecule has 0 saturated carbocycles. The molecular weight excluding hydrogens is 298 g/mol. The number of H-pyrrole nitrogens is 1. The topological polar surface area (TPSA) is 78.0 Å². The number of pyridine rings is 1. The van der Waals surface area contributed by atoms with Crippen LogP contribution < -0.4 is 10.7 Å². The van der Waals surface area contributed by atoms with Crippen LogP contribution in [0, 0.1) is 0 Å². The van der Waals surface area contributed by atoms with Gasteiger partial charge in [0.05, 0.1) is 22.3 Å². The minimum absolute atomic E-state index is 0.0177. The number of benzene rings is 2. The van der Waals surface area contributed by atoms with Gasteiger partial charge in [-0.15, -0.1) is 0 Å². The Kier molecular flexibility index (Phi) is 3.06. The molecule has 3 N–H and O–H groups in total. The van der Waals surface area contributed by atoms with E-state index < -0.39 is 0 Å². The first-order valence-electron chi connectivity index (χ1n) is 6.96.